The van der Waals surface area contributed by atoms with Crippen molar-refractivity contribution in [3.8, 4) is 0 Å². The van der Waals surface area contributed by atoms with Crippen LogP contribution in [0.1, 0.15) is 106 Å². The highest BCUT2D eigenvalue weighted by Crippen LogP contribution is 2.63. The third kappa shape index (κ3) is 9.84. The molecule has 334 valence electrons. The lowest BCUT2D eigenvalue weighted by molar-refractivity contribution is -0.146. The summed E-state index contributed by atoms with van der Waals surface area (Å²) in [4.78, 5) is 49.7. The number of hydrogen-bond donors (Lipinski definition) is 4. The van der Waals surface area contributed by atoms with Gasteiger partial charge in [-0.1, -0.05) is 115 Å². The summed E-state index contributed by atoms with van der Waals surface area (Å²) in [5, 5.41) is 10.2. The Morgan fingerprint density at radius 2 is 1.40 bits per heavy atom. The summed E-state index contributed by atoms with van der Waals surface area (Å²) in [5.41, 5.74) is 6.40. The minimum absolute atomic E-state index is 0.0223. The fourth-order valence-corrected chi connectivity index (χ4v) is 10.2. The van der Waals surface area contributed by atoms with Crippen molar-refractivity contribution in [2.75, 3.05) is 23.8 Å². The maximum atomic E-state index is 15.6. The number of anilines is 2. The molecule has 15 heteroatoms. The summed E-state index contributed by atoms with van der Waals surface area (Å²) < 4.78 is 34.9. The Kier molecular flexibility index (Phi) is 16.1. The number of carbonyl (C=O) groups excluding carboxylic acids is 4. The van der Waals surface area contributed by atoms with Crippen LogP contribution >= 0.6 is 46.4 Å². The minimum atomic E-state index is -1.23. The van der Waals surface area contributed by atoms with Gasteiger partial charge in [-0.3, -0.25) is 24.5 Å². The molecule has 1 saturated heterocycles. The highest BCUT2D eigenvalue weighted by molar-refractivity contribution is 6.37. The van der Waals surface area contributed by atoms with Gasteiger partial charge in [0.1, 0.15) is 28.9 Å². The largest absolute Gasteiger partial charge is 0.465 e. The lowest BCUT2D eigenvalue weighted by Gasteiger charge is -2.47. The van der Waals surface area contributed by atoms with Gasteiger partial charge < -0.3 is 21.1 Å². The molecule has 9 rings (SSSR count). The standard InChI is InChI=1S/C25H25Cl2FN2O3.C15H8Cl2FNO.C6H10O.C2H7N/c1-2-33-22(31)21-19(15-7-6-8-17(27)20(15)28)25(24(30-21)11-4-3-5-12-24)16-10-9-14(26)13-18(16)29-23(25)32;16-9-4-5-10-11(15(20)19-13(10)7-9)6-8-2-1-3-12(17)14(8)18;7-6-4-2-1-3-5-6;1-2-3/h6-10,13,19,21,30H,2-5,11-12H2,1H3,(H,29,32);1-7H,(H,19,20);1-5H2;2-3H2,1H3/t19-,21+,25+;;;/m0.../s1. The van der Waals surface area contributed by atoms with Gasteiger partial charge in [-0.25, -0.2) is 8.78 Å². The molecule has 5 N–H and O–H groups in total. The Hall–Kier alpha value is -4.36. The first kappa shape index (κ1) is 48.1. The number of rotatable bonds is 4. The molecule has 4 aromatic carbocycles. The molecule has 0 aromatic heterocycles. The zero-order chi connectivity index (χ0) is 45.5. The lowest BCUT2D eigenvalue weighted by atomic mass is 9.55. The number of hydrogen-bond acceptors (Lipinski definition) is 7. The predicted octanol–water partition coefficient (Wildman–Crippen LogP) is 11.5. The normalized spacial score (nSPS) is 22.1. The molecule has 2 spiro atoms. The van der Waals surface area contributed by atoms with E-state index in [1.807, 2.05) is 13.0 Å². The summed E-state index contributed by atoms with van der Waals surface area (Å²) in [6.45, 7) is 4.56. The number of ether oxygens (including phenoxy) is 1. The van der Waals surface area contributed by atoms with E-state index in [1.54, 1.807) is 61.5 Å². The van der Waals surface area contributed by atoms with Crippen LogP contribution in [-0.4, -0.2) is 48.3 Å². The molecular weight excluding hydrogens is 892 g/mol. The molecular formula is C48H50Cl4F2N4O5. The number of amides is 2. The van der Waals surface area contributed by atoms with Crippen molar-refractivity contribution in [2.24, 2.45) is 5.73 Å². The predicted molar refractivity (Wildman–Crippen MR) is 247 cm³/mol. The Morgan fingerprint density at radius 1 is 0.794 bits per heavy atom. The van der Waals surface area contributed by atoms with E-state index in [1.165, 1.54) is 24.6 Å². The molecule has 0 unspecified atom stereocenters. The van der Waals surface area contributed by atoms with Gasteiger partial charge in [0.2, 0.25) is 5.91 Å². The first-order chi connectivity index (χ1) is 30.2. The minimum Gasteiger partial charge on any atom is -0.465 e. The van der Waals surface area contributed by atoms with Crippen LogP contribution in [0, 0.1) is 11.6 Å². The third-order valence-electron chi connectivity index (χ3n) is 12.0. The number of benzene rings is 4. The number of ketones is 1. The first-order valence-corrected chi connectivity index (χ1v) is 22.7. The number of nitrogens with one attached hydrogen (secondary N) is 3. The third-order valence-corrected chi connectivity index (χ3v) is 13.1. The van der Waals surface area contributed by atoms with Crippen molar-refractivity contribution < 1.29 is 32.7 Å². The van der Waals surface area contributed by atoms with E-state index in [0.717, 1.165) is 57.1 Å². The molecule has 3 atom stereocenters. The lowest BCUT2D eigenvalue weighted by Crippen LogP contribution is -2.60. The summed E-state index contributed by atoms with van der Waals surface area (Å²) in [6, 6.07) is 18.8. The second-order valence-corrected chi connectivity index (χ2v) is 17.6. The number of nitrogens with two attached hydrogens (primary N) is 1. The first-order valence-electron chi connectivity index (χ1n) is 21.2. The van der Waals surface area contributed by atoms with Crippen molar-refractivity contribution in [3.63, 3.8) is 0 Å². The molecule has 2 amide bonds. The molecule has 3 heterocycles. The molecule has 63 heavy (non-hydrogen) atoms. The fraction of sp³-hybridized carbons (Fsp3) is 0.375. The van der Waals surface area contributed by atoms with Crippen molar-refractivity contribution >= 4 is 93.0 Å². The van der Waals surface area contributed by atoms with Crippen molar-refractivity contribution in [2.45, 2.75) is 101 Å². The molecule has 3 fully saturated rings. The number of esters is 1. The Labute approximate surface area is 386 Å². The smallest absolute Gasteiger partial charge is 0.323 e. The summed E-state index contributed by atoms with van der Waals surface area (Å²) >= 11 is 24.0. The highest BCUT2D eigenvalue weighted by atomic mass is 35.5. The van der Waals surface area contributed by atoms with Crippen molar-refractivity contribution in [1.29, 1.82) is 0 Å². The quantitative estimate of drug-likeness (QED) is 0.118. The molecule has 0 radical (unpaired) electrons. The maximum absolute atomic E-state index is 15.6. The number of Topliss-reactive ketones (excluding diaryl/α,β-unsaturated/α-hetero) is 1. The number of halogens is 6. The Morgan fingerprint density at radius 3 is 2.03 bits per heavy atom. The zero-order valence-corrected chi connectivity index (χ0v) is 38.1. The molecule has 5 aliphatic rings. The van der Waals surface area contributed by atoms with Crippen LogP contribution in [0.15, 0.2) is 72.8 Å². The van der Waals surface area contributed by atoms with Gasteiger partial charge in [-0.05, 0) is 92.8 Å². The van der Waals surface area contributed by atoms with E-state index in [9.17, 15) is 23.6 Å². The molecule has 9 nitrogen and oxygen atoms in total. The van der Waals surface area contributed by atoms with Crippen LogP contribution in [0.3, 0.4) is 0 Å². The summed E-state index contributed by atoms with van der Waals surface area (Å²) in [7, 11) is 0. The van der Waals surface area contributed by atoms with E-state index < -0.39 is 40.5 Å². The second-order valence-electron chi connectivity index (χ2n) is 15.9. The van der Waals surface area contributed by atoms with Gasteiger partial charge in [0.05, 0.1) is 22.3 Å². The van der Waals surface area contributed by atoms with E-state index in [2.05, 4.69) is 16.0 Å². The summed E-state index contributed by atoms with van der Waals surface area (Å²) in [6.07, 6.45) is 10.9. The Bertz CT molecular complexity index is 2400. The van der Waals surface area contributed by atoms with E-state index in [-0.39, 0.29) is 39.6 Å². The van der Waals surface area contributed by atoms with Crippen LogP contribution in [0.25, 0.3) is 11.6 Å². The van der Waals surface area contributed by atoms with E-state index >= 15 is 4.39 Å². The zero-order valence-electron chi connectivity index (χ0n) is 35.0. The fourth-order valence-electron chi connectivity index (χ4n) is 9.47. The molecule has 3 aliphatic heterocycles. The van der Waals surface area contributed by atoms with Gasteiger partial charge in [-0.2, -0.15) is 0 Å². The average molecular weight is 943 g/mol. The van der Waals surface area contributed by atoms with E-state index in [0.29, 0.717) is 51.2 Å². The maximum Gasteiger partial charge on any atom is 0.323 e. The van der Waals surface area contributed by atoms with Gasteiger partial charge >= 0.3 is 5.97 Å². The molecule has 4 aromatic rings. The average Bonchev–Trinajstić information content (AvgIpc) is 3.84. The van der Waals surface area contributed by atoms with Crippen LogP contribution < -0.4 is 21.7 Å². The van der Waals surface area contributed by atoms with Crippen LogP contribution in [-0.2, 0) is 29.3 Å². The number of fused-ring (bicyclic) bond motifs is 4. The van der Waals surface area contributed by atoms with Crippen molar-refractivity contribution in [3.05, 3.63) is 127 Å². The van der Waals surface area contributed by atoms with Gasteiger partial charge in [0.25, 0.3) is 5.91 Å². The van der Waals surface area contributed by atoms with Crippen LogP contribution in [0.5, 0.6) is 0 Å². The van der Waals surface area contributed by atoms with Crippen LogP contribution in [0.2, 0.25) is 20.1 Å². The van der Waals surface area contributed by atoms with Crippen LogP contribution in [0.4, 0.5) is 20.2 Å². The van der Waals surface area contributed by atoms with Gasteiger partial charge in [0, 0.05) is 56.7 Å². The SMILES string of the molecule is CCN.CCOC(=O)[C@@H]1NC2(CCCCC2)[C@@]2(C(=O)Nc3cc(Cl)ccc32)[C@H]1c1cccc(Cl)c1F.O=C1CCCCC1.O=C1Nc2cc(Cl)ccc2C1=Cc1cccc(Cl)c1F. The highest BCUT2D eigenvalue weighted by Gasteiger charge is 2.72. The monoisotopic (exact) mass is 940 g/mol. The van der Waals surface area contributed by atoms with Crippen molar-refractivity contribution in [1.82, 2.24) is 5.32 Å². The Balaban J connectivity index is 0.000000185. The molecule has 0 bridgehead atoms. The topological polar surface area (TPSA) is 140 Å². The van der Waals surface area contributed by atoms with Gasteiger partial charge in [0.15, 0.2) is 0 Å². The van der Waals surface area contributed by atoms with Gasteiger partial charge in [-0.15, -0.1) is 0 Å². The summed E-state index contributed by atoms with van der Waals surface area (Å²) in [5.74, 6) is -2.60. The second kappa shape index (κ2) is 21.1. The molecule has 2 saturated carbocycles. The van der Waals surface area contributed by atoms with E-state index in [4.69, 9.17) is 56.9 Å². The number of carbonyl (C=O) groups is 4. The molecule has 2 aliphatic carbocycles.